The maximum absolute atomic E-state index is 11.8. The van der Waals surface area contributed by atoms with Gasteiger partial charge in [0.05, 0.1) is 24.0 Å². The van der Waals surface area contributed by atoms with Crippen LogP contribution in [0.3, 0.4) is 0 Å². The lowest BCUT2D eigenvalue weighted by atomic mass is 10.4. The van der Waals surface area contributed by atoms with Crippen LogP contribution in [0.15, 0.2) is 12.1 Å². The fourth-order valence-electron chi connectivity index (χ4n) is 1.36. The average molecular weight is 326 g/mol. The molecule has 0 radical (unpaired) electrons. The molecule has 1 aromatic rings. The van der Waals surface area contributed by atoms with Crippen molar-refractivity contribution < 1.29 is 9.59 Å². The number of hydrogen-bond donors (Lipinski definition) is 2. The quantitative estimate of drug-likeness (QED) is 0.826. The van der Waals surface area contributed by atoms with E-state index in [1.165, 1.54) is 11.3 Å². The summed E-state index contributed by atoms with van der Waals surface area (Å²) in [7, 11) is 0. The molecule has 19 heavy (non-hydrogen) atoms. The van der Waals surface area contributed by atoms with E-state index in [1.807, 2.05) is 13.0 Å². The van der Waals surface area contributed by atoms with Crippen molar-refractivity contribution in [2.45, 2.75) is 13.5 Å². The maximum Gasteiger partial charge on any atom is 0.242 e. The lowest BCUT2D eigenvalue weighted by Crippen LogP contribution is -2.41. The molecule has 0 unspecified atom stereocenters. The number of carbonyl (C=O) groups excluding carboxylic acids is 2. The second-order valence-electron chi connectivity index (χ2n) is 3.59. The molecule has 0 spiro atoms. The van der Waals surface area contributed by atoms with Crippen LogP contribution < -0.4 is 11.1 Å². The average Bonchev–Trinajstić information content (AvgIpc) is 2.78. The van der Waals surface area contributed by atoms with Gasteiger partial charge in [-0.3, -0.25) is 9.59 Å². The first kappa shape index (κ1) is 18.2. The first-order chi connectivity index (χ1) is 8.56. The third kappa shape index (κ3) is 6.24. The molecule has 0 bridgehead atoms. The highest BCUT2D eigenvalue weighted by Crippen LogP contribution is 2.22. The van der Waals surface area contributed by atoms with Gasteiger partial charge in [-0.05, 0) is 19.1 Å². The zero-order valence-corrected chi connectivity index (χ0v) is 12.9. The fraction of sp³-hybridized carbons (Fsp3) is 0.455. The van der Waals surface area contributed by atoms with Crippen molar-refractivity contribution in [1.82, 2.24) is 10.2 Å². The summed E-state index contributed by atoms with van der Waals surface area (Å²) in [5.41, 5.74) is 5.14. The summed E-state index contributed by atoms with van der Waals surface area (Å²) in [5.74, 6) is -0.470. The zero-order valence-electron chi connectivity index (χ0n) is 10.5. The number of thiophene rings is 1. The van der Waals surface area contributed by atoms with E-state index < -0.39 is 0 Å². The molecule has 3 N–H and O–H groups in total. The number of halogens is 2. The van der Waals surface area contributed by atoms with E-state index in [-0.39, 0.29) is 37.3 Å². The van der Waals surface area contributed by atoms with Gasteiger partial charge >= 0.3 is 0 Å². The molecule has 8 heteroatoms. The van der Waals surface area contributed by atoms with Crippen LogP contribution in [-0.2, 0) is 16.1 Å². The molecular formula is C11H17Cl2N3O2S. The van der Waals surface area contributed by atoms with E-state index in [0.717, 1.165) is 4.88 Å². The van der Waals surface area contributed by atoms with Crippen LogP contribution in [0.2, 0.25) is 4.34 Å². The van der Waals surface area contributed by atoms with Crippen molar-refractivity contribution in [3.8, 4) is 0 Å². The Morgan fingerprint density at radius 3 is 2.63 bits per heavy atom. The minimum Gasteiger partial charge on any atom is -0.346 e. The predicted molar refractivity (Wildman–Crippen MR) is 79.7 cm³/mol. The van der Waals surface area contributed by atoms with Crippen LogP contribution >= 0.6 is 35.3 Å². The molecule has 0 aliphatic carbocycles. The number of hydrogen-bond acceptors (Lipinski definition) is 4. The van der Waals surface area contributed by atoms with Crippen molar-refractivity contribution in [3.05, 3.63) is 21.3 Å². The van der Waals surface area contributed by atoms with Crippen molar-refractivity contribution in [2.24, 2.45) is 5.73 Å². The van der Waals surface area contributed by atoms with E-state index in [1.54, 1.807) is 11.0 Å². The molecule has 2 amide bonds. The van der Waals surface area contributed by atoms with Crippen LogP contribution in [0.4, 0.5) is 0 Å². The zero-order chi connectivity index (χ0) is 13.5. The van der Waals surface area contributed by atoms with Crippen LogP contribution in [0.5, 0.6) is 0 Å². The van der Waals surface area contributed by atoms with Crippen molar-refractivity contribution in [3.63, 3.8) is 0 Å². The summed E-state index contributed by atoms with van der Waals surface area (Å²) in [6.07, 6.45) is 0. The number of likely N-dealkylation sites (N-methyl/N-ethyl adjacent to an activating group) is 1. The van der Waals surface area contributed by atoms with Gasteiger partial charge in [0, 0.05) is 11.4 Å². The third-order valence-corrected chi connectivity index (χ3v) is 3.55. The van der Waals surface area contributed by atoms with E-state index in [0.29, 0.717) is 17.4 Å². The van der Waals surface area contributed by atoms with Gasteiger partial charge in [-0.2, -0.15) is 0 Å². The summed E-state index contributed by atoms with van der Waals surface area (Å²) >= 11 is 7.27. The first-order valence-corrected chi connectivity index (χ1v) is 6.75. The monoisotopic (exact) mass is 325 g/mol. The predicted octanol–water partition coefficient (Wildman–Crippen LogP) is 1.25. The minimum atomic E-state index is -0.335. The normalized spacial score (nSPS) is 9.63. The lowest BCUT2D eigenvalue weighted by molar-refractivity contribution is -0.132. The standard InChI is InChI=1S/C11H16ClN3O2S.ClH/c1-2-15(7-8-3-4-9(12)18-8)11(17)6-14-10(16)5-13;/h3-4H,2,5-7,13H2,1H3,(H,14,16);1H. The molecule has 0 saturated carbocycles. The van der Waals surface area contributed by atoms with Crippen LogP contribution in [0, 0.1) is 0 Å². The molecule has 0 atom stereocenters. The number of carbonyl (C=O) groups is 2. The molecule has 5 nitrogen and oxygen atoms in total. The largest absolute Gasteiger partial charge is 0.346 e. The molecule has 0 aliphatic heterocycles. The molecule has 1 aromatic heterocycles. The minimum absolute atomic E-state index is 0. The van der Waals surface area contributed by atoms with Crippen LogP contribution in [0.25, 0.3) is 0 Å². The first-order valence-electron chi connectivity index (χ1n) is 5.55. The molecular weight excluding hydrogens is 309 g/mol. The van der Waals surface area contributed by atoms with Gasteiger partial charge < -0.3 is 16.0 Å². The lowest BCUT2D eigenvalue weighted by Gasteiger charge is -2.20. The topological polar surface area (TPSA) is 75.4 Å². The van der Waals surface area contributed by atoms with E-state index in [2.05, 4.69) is 5.32 Å². The number of amides is 2. The van der Waals surface area contributed by atoms with Gasteiger partial charge in [0.25, 0.3) is 0 Å². The van der Waals surface area contributed by atoms with Crippen molar-refractivity contribution >= 4 is 47.2 Å². The Morgan fingerprint density at radius 1 is 1.47 bits per heavy atom. The third-order valence-electron chi connectivity index (χ3n) is 2.33. The number of nitrogens with two attached hydrogens (primary N) is 1. The van der Waals surface area contributed by atoms with Crippen molar-refractivity contribution in [1.29, 1.82) is 0 Å². The van der Waals surface area contributed by atoms with Gasteiger partial charge in [-0.1, -0.05) is 11.6 Å². The fourth-order valence-corrected chi connectivity index (χ4v) is 2.46. The summed E-state index contributed by atoms with van der Waals surface area (Å²) < 4.78 is 0.699. The SMILES string of the molecule is CCN(Cc1ccc(Cl)s1)C(=O)CNC(=O)CN.Cl. The molecule has 1 rings (SSSR count). The molecule has 0 aliphatic rings. The van der Waals surface area contributed by atoms with Gasteiger partial charge in [0.1, 0.15) is 0 Å². The summed E-state index contributed by atoms with van der Waals surface area (Å²) in [6, 6.07) is 3.69. The number of nitrogens with one attached hydrogen (secondary N) is 1. The molecule has 0 saturated heterocycles. The Hall–Kier alpha value is -0.820. The highest BCUT2D eigenvalue weighted by atomic mass is 35.5. The summed E-state index contributed by atoms with van der Waals surface area (Å²) in [5, 5.41) is 2.46. The van der Waals surface area contributed by atoms with E-state index in [9.17, 15) is 9.59 Å². The smallest absolute Gasteiger partial charge is 0.242 e. The molecule has 1 heterocycles. The molecule has 108 valence electrons. The summed E-state index contributed by atoms with van der Waals surface area (Å²) in [6.45, 7) is 2.83. The van der Waals surface area contributed by atoms with Crippen molar-refractivity contribution in [2.75, 3.05) is 19.6 Å². The van der Waals surface area contributed by atoms with Crippen LogP contribution in [-0.4, -0.2) is 36.3 Å². The Bertz CT molecular complexity index is 426. The molecule has 0 fully saturated rings. The van der Waals surface area contributed by atoms with Gasteiger partial charge in [0.2, 0.25) is 11.8 Å². The maximum atomic E-state index is 11.8. The Labute approximate surface area is 127 Å². The Balaban J connectivity index is 0.00000324. The second-order valence-corrected chi connectivity index (χ2v) is 5.39. The van der Waals surface area contributed by atoms with Gasteiger partial charge in [0.15, 0.2) is 0 Å². The Kier molecular flexibility index (Phi) is 8.75. The molecule has 0 aromatic carbocycles. The number of nitrogens with zero attached hydrogens (tertiary/aromatic N) is 1. The number of rotatable bonds is 6. The van der Waals surface area contributed by atoms with E-state index >= 15 is 0 Å². The van der Waals surface area contributed by atoms with Gasteiger partial charge in [-0.15, -0.1) is 23.7 Å². The summed E-state index contributed by atoms with van der Waals surface area (Å²) in [4.78, 5) is 25.5. The van der Waals surface area contributed by atoms with Crippen LogP contribution in [0.1, 0.15) is 11.8 Å². The Morgan fingerprint density at radius 2 is 2.16 bits per heavy atom. The van der Waals surface area contributed by atoms with Gasteiger partial charge in [-0.25, -0.2) is 0 Å². The highest BCUT2D eigenvalue weighted by Gasteiger charge is 2.13. The van der Waals surface area contributed by atoms with E-state index in [4.69, 9.17) is 17.3 Å². The highest BCUT2D eigenvalue weighted by molar-refractivity contribution is 7.16. The second kappa shape index (κ2) is 9.14.